The lowest BCUT2D eigenvalue weighted by atomic mass is 10.1. The number of carbonyl (C=O) groups is 1. The molecule has 0 unspecified atom stereocenters. The Bertz CT molecular complexity index is 1370. The topological polar surface area (TPSA) is 101 Å². The lowest BCUT2D eigenvalue weighted by molar-refractivity contribution is -0.115. The quantitative estimate of drug-likeness (QED) is 0.316. The second kappa shape index (κ2) is 10.5. The first-order chi connectivity index (χ1) is 16.9. The molecular weight excluding hydrogens is 456 g/mol. The highest BCUT2D eigenvalue weighted by Crippen LogP contribution is 2.35. The average Bonchev–Trinajstić information content (AvgIpc) is 3.22. The number of aliphatic hydroxyl groups excluding tert-OH is 1. The standard InChI is InChI=1S/C25H25F2N5O3/c1-3-25(34)31-20-11-21(23(35-2)10-18(20)27)30-24-12-19(28-14-29-24)17-13-32(7-4-8-33)22-9-15(26)5-6-16(17)22/h5-6,9-14,33H,3-4,7-8H2,1-2H3,(H,31,34)(H,28,29,30). The Hall–Kier alpha value is -4.05. The molecule has 182 valence electrons. The molecule has 2 aromatic heterocycles. The van der Waals surface area contributed by atoms with Crippen LogP contribution in [0.3, 0.4) is 0 Å². The van der Waals surface area contributed by atoms with Gasteiger partial charge in [0.25, 0.3) is 0 Å². The molecule has 3 N–H and O–H groups in total. The molecule has 0 aliphatic heterocycles. The number of hydrogen-bond donors (Lipinski definition) is 3. The Morgan fingerprint density at radius 1 is 1.14 bits per heavy atom. The first-order valence-electron chi connectivity index (χ1n) is 11.1. The smallest absolute Gasteiger partial charge is 0.224 e. The van der Waals surface area contributed by atoms with Crippen molar-refractivity contribution in [2.45, 2.75) is 26.3 Å². The van der Waals surface area contributed by atoms with Crippen LogP contribution in [0.25, 0.3) is 22.2 Å². The van der Waals surface area contributed by atoms with Crippen LogP contribution in [0.15, 0.2) is 48.9 Å². The fraction of sp³-hybridized carbons (Fsp3) is 0.240. The largest absolute Gasteiger partial charge is 0.494 e. The number of anilines is 3. The summed E-state index contributed by atoms with van der Waals surface area (Å²) in [5.41, 5.74) is 2.46. The molecule has 1 amide bonds. The number of halogens is 2. The summed E-state index contributed by atoms with van der Waals surface area (Å²) in [6.45, 7) is 2.21. The number of aromatic nitrogens is 3. The van der Waals surface area contributed by atoms with E-state index in [9.17, 15) is 18.7 Å². The molecule has 0 aliphatic carbocycles. The van der Waals surface area contributed by atoms with Crippen LogP contribution in [0.2, 0.25) is 0 Å². The summed E-state index contributed by atoms with van der Waals surface area (Å²) in [5, 5.41) is 15.6. The molecule has 0 aliphatic rings. The number of carbonyl (C=O) groups excluding carboxylic acids is 1. The third-order valence-electron chi connectivity index (χ3n) is 5.49. The molecule has 35 heavy (non-hydrogen) atoms. The number of benzene rings is 2. The minimum absolute atomic E-state index is 0.0170. The summed E-state index contributed by atoms with van der Waals surface area (Å²) in [4.78, 5) is 20.4. The maximum atomic E-state index is 14.4. The van der Waals surface area contributed by atoms with Crippen molar-refractivity contribution in [1.29, 1.82) is 0 Å². The minimum atomic E-state index is -0.625. The molecule has 0 radical (unpaired) electrons. The molecular formula is C25H25F2N5O3. The van der Waals surface area contributed by atoms with Crippen molar-refractivity contribution in [3.05, 3.63) is 60.6 Å². The van der Waals surface area contributed by atoms with Crippen LogP contribution in [0.1, 0.15) is 19.8 Å². The highest BCUT2D eigenvalue weighted by atomic mass is 19.1. The SMILES string of the molecule is CCC(=O)Nc1cc(Nc2cc(-c3cn(CCCO)c4cc(F)ccc34)ncn2)c(OC)cc1F. The van der Waals surface area contributed by atoms with Gasteiger partial charge in [0.1, 0.15) is 23.7 Å². The van der Waals surface area contributed by atoms with Gasteiger partial charge in [-0.1, -0.05) is 6.92 Å². The van der Waals surface area contributed by atoms with Crippen LogP contribution in [0, 0.1) is 11.6 Å². The van der Waals surface area contributed by atoms with Crippen molar-refractivity contribution >= 4 is 34.0 Å². The second-order valence-electron chi connectivity index (χ2n) is 7.82. The van der Waals surface area contributed by atoms with Crippen molar-refractivity contribution in [2.75, 3.05) is 24.4 Å². The van der Waals surface area contributed by atoms with Crippen LogP contribution < -0.4 is 15.4 Å². The molecule has 0 bridgehead atoms. The Morgan fingerprint density at radius 2 is 1.97 bits per heavy atom. The Balaban J connectivity index is 1.71. The number of nitrogens with one attached hydrogen (secondary N) is 2. The van der Waals surface area contributed by atoms with E-state index in [4.69, 9.17) is 4.74 Å². The molecule has 4 rings (SSSR count). The van der Waals surface area contributed by atoms with Crippen LogP contribution in [0.5, 0.6) is 5.75 Å². The maximum absolute atomic E-state index is 14.4. The number of fused-ring (bicyclic) bond motifs is 1. The number of rotatable bonds is 9. The Kier molecular flexibility index (Phi) is 7.21. The van der Waals surface area contributed by atoms with E-state index in [0.29, 0.717) is 35.7 Å². The Morgan fingerprint density at radius 3 is 2.71 bits per heavy atom. The zero-order chi connectivity index (χ0) is 24.9. The van der Waals surface area contributed by atoms with E-state index >= 15 is 0 Å². The second-order valence-corrected chi connectivity index (χ2v) is 7.82. The van der Waals surface area contributed by atoms with Crippen molar-refractivity contribution < 1.29 is 23.4 Å². The lowest BCUT2D eigenvalue weighted by Crippen LogP contribution is -2.11. The Labute approximate surface area is 200 Å². The molecule has 0 saturated heterocycles. The third kappa shape index (κ3) is 5.22. The fourth-order valence-corrected chi connectivity index (χ4v) is 3.76. The molecule has 0 fully saturated rings. The summed E-state index contributed by atoms with van der Waals surface area (Å²) in [5.74, 6) is -0.662. The molecule has 2 aromatic carbocycles. The maximum Gasteiger partial charge on any atom is 0.224 e. The number of aliphatic hydroxyl groups is 1. The van der Waals surface area contributed by atoms with Gasteiger partial charge in [0.2, 0.25) is 5.91 Å². The van der Waals surface area contributed by atoms with E-state index in [2.05, 4.69) is 20.6 Å². The normalized spacial score (nSPS) is 11.0. The summed E-state index contributed by atoms with van der Waals surface area (Å²) in [6, 6.07) is 8.86. The van der Waals surface area contributed by atoms with Crippen LogP contribution in [-0.2, 0) is 11.3 Å². The number of amides is 1. The van der Waals surface area contributed by atoms with Crippen LogP contribution >= 0.6 is 0 Å². The van der Waals surface area contributed by atoms with Crippen molar-refractivity contribution in [3.63, 3.8) is 0 Å². The number of nitrogens with zero attached hydrogens (tertiary/aromatic N) is 3. The van der Waals surface area contributed by atoms with Gasteiger partial charge in [-0.15, -0.1) is 0 Å². The van der Waals surface area contributed by atoms with E-state index in [1.54, 1.807) is 19.1 Å². The fourth-order valence-electron chi connectivity index (χ4n) is 3.76. The van der Waals surface area contributed by atoms with Gasteiger partial charge in [0.15, 0.2) is 5.82 Å². The van der Waals surface area contributed by atoms with E-state index < -0.39 is 5.82 Å². The van der Waals surface area contributed by atoms with Gasteiger partial charge < -0.3 is 25.0 Å². The molecule has 2 heterocycles. The molecule has 0 atom stereocenters. The zero-order valence-corrected chi connectivity index (χ0v) is 19.3. The van der Waals surface area contributed by atoms with Crippen molar-refractivity contribution in [1.82, 2.24) is 14.5 Å². The van der Waals surface area contributed by atoms with Crippen molar-refractivity contribution in [3.8, 4) is 17.0 Å². The molecule has 10 heteroatoms. The van der Waals surface area contributed by atoms with Gasteiger partial charge in [-0.25, -0.2) is 18.7 Å². The summed E-state index contributed by atoms with van der Waals surface area (Å²) < 4.78 is 35.5. The first kappa shape index (κ1) is 24.1. The summed E-state index contributed by atoms with van der Waals surface area (Å²) in [7, 11) is 1.41. The first-order valence-corrected chi connectivity index (χ1v) is 11.1. The molecule has 8 nitrogen and oxygen atoms in total. The van der Waals surface area contributed by atoms with Gasteiger partial charge >= 0.3 is 0 Å². The summed E-state index contributed by atoms with van der Waals surface area (Å²) in [6.07, 6.45) is 3.98. The van der Waals surface area contributed by atoms with Gasteiger partial charge in [-0.2, -0.15) is 0 Å². The number of hydrogen-bond acceptors (Lipinski definition) is 6. The monoisotopic (exact) mass is 481 g/mol. The van der Waals surface area contributed by atoms with Gasteiger partial charge in [0, 0.05) is 48.9 Å². The van der Waals surface area contributed by atoms with E-state index in [1.807, 2.05) is 10.8 Å². The number of ether oxygens (including phenoxy) is 1. The van der Waals surface area contributed by atoms with Crippen molar-refractivity contribution in [2.24, 2.45) is 0 Å². The molecule has 0 saturated carbocycles. The number of methoxy groups -OCH3 is 1. The highest BCUT2D eigenvalue weighted by Gasteiger charge is 2.16. The molecule has 0 spiro atoms. The van der Waals surface area contributed by atoms with Gasteiger partial charge in [-0.05, 0) is 30.7 Å². The van der Waals surface area contributed by atoms with Gasteiger partial charge in [0.05, 0.1) is 29.7 Å². The van der Waals surface area contributed by atoms with E-state index in [0.717, 1.165) is 10.9 Å². The predicted octanol–water partition coefficient (Wildman–Crippen LogP) is 4.86. The third-order valence-corrected chi connectivity index (χ3v) is 5.49. The number of aryl methyl sites for hydroxylation is 1. The zero-order valence-electron chi connectivity index (χ0n) is 19.3. The predicted molar refractivity (Wildman–Crippen MR) is 130 cm³/mol. The highest BCUT2D eigenvalue weighted by molar-refractivity contribution is 5.96. The van der Waals surface area contributed by atoms with E-state index in [1.165, 1.54) is 37.7 Å². The lowest BCUT2D eigenvalue weighted by Gasteiger charge is -2.14. The average molecular weight is 482 g/mol. The van der Waals surface area contributed by atoms with Gasteiger partial charge in [-0.3, -0.25) is 4.79 Å². The van der Waals surface area contributed by atoms with Crippen LogP contribution in [-0.4, -0.2) is 39.3 Å². The van der Waals surface area contributed by atoms with E-state index in [-0.39, 0.29) is 36.2 Å². The summed E-state index contributed by atoms with van der Waals surface area (Å²) >= 11 is 0. The minimum Gasteiger partial charge on any atom is -0.494 e. The van der Waals surface area contributed by atoms with Crippen LogP contribution in [0.4, 0.5) is 26.0 Å². The molecule has 4 aromatic rings.